The summed E-state index contributed by atoms with van der Waals surface area (Å²) in [5.74, 6) is -0.957. The predicted molar refractivity (Wildman–Crippen MR) is 47.4 cm³/mol. The number of guanidine groups is 1. The van der Waals surface area contributed by atoms with E-state index < -0.39 is 5.97 Å². The molecule has 0 aliphatic carbocycles. The van der Waals surface area contributed by atoms with Gasteiger partial charge in [-0.2, -0.15) is 0 Å². The van der Waals surface area contributed by atoms with Gasteiger partial charge in [-0.25, -0.2) is 9.79 Å². The standard InChI is InChI=1S/C8H9N3O2/c9-8(10)11-6-3-1-2-5(4-6)7(12)13/h1-4H,(H,12,13)(H4,9,10,11)/p+1. The summed E-state index contributed by atoms with van der Waals surface area (Å²) in [5.41, 5.74) is 11.1. The molecule has 0 aliphatic heterocycles. The lowest BCUT2D eigenvalue weighted by Crippen LogP contribution is -2.72. The van der Waals surface area contributed by atoms with Gasteiger partial charge in [-0.05, 0) is 18.2 Å². The molecule has 1 aromatic rings. The molecular weight excluding hydrogens is 170 g/mol. The van der Waals surface area contributed by atoms with E-state index in [1.807, 2.05) is 0 Å². The van der Waals surface area contributed by atoms with Gasteiger partial charge in [-0.3, -0.25) is 11.5 Å². The molecule has 5 heteroatoms. The van der Waals surface area contributed by atoms with Crippen molar-refractivity contribution in [2.75, 3.05) is 0 Å². The number of nitrogens with one attached hydrogen (secondary N) is 1. The fourth-order valence-electron chi connectivity index (χ4n) is 0.897. The molecular formula is C8H10N3O2+. The van der Waals surface area contributed by atoms with Gasteiger partial charge in [-0.1, -0.05) is 6.07 Å². The predicted octanol–water partition coefficient (Wildman–Crippen LogP) is -1.63. The number of carboxylic acid groups (broad SMARTS) is 1. The molecule has 0 saturated heterocycles. The number of benzene rings is 1. The highest BCUT2D eigenvalue weighted by Gasteiger charge is 2.02. The highest BCUT2D eigenvalue weighted by Crippen LogP contribution is 2.04. The molecule has 1 rings (SSSR count). The first-order valence-electron chi connectivity index (χ1n) is 3.58. The number of nitrogens with two attached hydrogens (primary N) is 2. The Labute approximate surface area is 74.7 Å². The molecule has 0 heterocycles. The molecule has 1 aromatic carbocycles. The van der Waals surface area contributed by atoms with E-state index in [2.05, 4.69) is 4.99 Å². The molecule has 0 saturated carbocycles. The largest absolute Gasteiger partial charge is 0.478 e. The lowest BCUT2D eigenvalue weighted by atomic mass is 10.2. The topological polar surface area (TPSA) is 103 Å². The van der Waals surface area contributed by atoms with E-state index in [0.717, 1.165) is 0 Å². The third kappa shape index (κ3) is 2.48. The Bertz CT molecular complexity index is 356. The first-order valence-corrected chi connectivity index (χ1v) is 3.58. The summed E-state index contributed by atoms with van der Waals surface area (Å²) in [4.78, 5) is 13.2. The van der Waals surface area contributed by atoms with Gasteiger partial charge in [0.1, 0.15) is 0 Å². The molecule has 0 atom stereocenters. The Balaban J connectivity index is 3.06. The van der Waals surface area contributed by atoms with E-state index in [0.29, 0.717) is 5.69 Å². The van der Waals surface area contributed by atoms with E-state index in [4.69, 9.17) is 16.6 Å². The second-order valence-corrected chi connectivity index (χ2v) is 2.47. The number of carbonyl (C=O) groups is 1. The Morgan fingerprint density at radius 2 is 2.08 bits per heavy atom. The zero-order valence-electron chi connectivity index (χ0n) is 6.82. The molecule has 0 amide bonds. The van der Waals surface area contributed by atoms with Crippen LogP contribution in [0.5, 0.6) is 0 Å². The molecule has 0 radical (unpaired) electrons. The van der Waals surface area contributed by atoms with Crippen molar-refractivity contribution in [1.29, 1.82) is 0 Å². The highest BCUT2D eigenvalue weighted by molar-refractivity contribution is 5.88. The summed E-state index contributed by atoms with van der Waals surface area (Å²) in [6.45, 7) is 0. The molecule has 68 valence electrons. The lowest BCUT2D eigenvalue weighted by molar-refractivity contribution is -0.356. The molecule has 5 nitrogen and oxygen atoms in total. The molecule has 0 unspecified atom stereocenters. The molecule has 13 heavy (non-hydrogen) atoms. The Kier molecular flexibility index (Phi) is 2.49. The SMILES string of the molecule is NC(N)=[NH+]c1cccc(C(=O)O)c1. The van der Waals surface area contributed by atoms with Gasteiger partial charge in [-0.15, -0.1) is 0 Å². The van der Waals surface area contributed by atoms with Crippen molar-refractivity contribution in [1.82, 2.24) is 0 Å². The van der Waals surface area contributed by atoms with Crippen LogP contribution in [0.25, 0.3) is 0 Å². The van der Waals surface area contributed by atoms with E-state index in [-0.39, 0.29) is 11.5 Å². The molecule has 0 aromatic heterocycles. The maximum Gasteiger partial charge on any atom is 0.343 e. The monoisotopic (exact) mass is 180 g/mol. The minimum atomic E-state index is -0.987. The van der Waals surface area contributed by atoms with E-state index in [1.165, 1.54) is 12.1 Å². The summed E-state index contributed by atoms with van der Waals surface area (Å²) >= 11 is 0. The average Bonchev–Trinajstić information content (AvgIpc) is 2.03. The highest BCUT2D eigenvalue weighted by atomic mass is 16.4. The number of hydrogen-bond donors (Lipinski definition) is 4. The first-order chi connectivity index (χ1) is 6.09. The number of carboxylic acids is 1. The van der Waals surface area contributed by atoms with Crippen molar-refractivity contribution >= 4 is 17.6 Å². The summed E-state index contributed by atoms with van der Waals surface area (Å²) in [6.07, 6.45) is 0. The second kappa shape index (κ2) is 3.57. The third-order valence-electron chi connectivity index (χ3n) is 1.40. The maximum absolute atomic E-state index is 10.5. The Morgan fingerprint density at radius 1 is 1.38 bits per heavy atom. The normalized spacial score (nSPS) is 9.23. The minimum Gasteiger partial charge on any atom is -0.478 e. The summed E-state index contributed by atoms with van der Waals surface area (Å²) in [7, 11) is 0. The zero-order valence-corrected chi connectivity index (χ0v) is 6.82. The van der Waals surface area contributed by atoms with Crippen molar-refractivity contribution in [3.8, 4) is 0 Å². The number of aromatic carboxylic acids is 1. The van der Waals surface area contributed by atoms with Crippen LogP contribution in [-0.2, 0) is 0 Å². The molecule has 6 N–H and O–H groups in total. The summed E-state index contributed by atoms with van der Waals surface area (Å²) in [5, 5.41) is 8.65. The second-order valence-electron chi connectivity index (χ2n) is 2.47. The molecule has 0 aliphatic rings. The van der Waals surface area contributed by atoms with Gasteiger partial charge in [0.2, 0.25) is 0 Å². The van der Waals surface area contributed by atoms with Crippen LogP contribution in [0, 0.1) is 0 Å². The molecule has 0 spiro atoms. The molecule has 0 fully saturated rings. The van der Waals surface area contributed by atoms with Gasteiger partial charge in [0.05, 0.1) is 11.3 Å². The minimum absolute atomic E-state index is 0.0301. The van der Waals surface area contributed by atoms with Crippen molar-refractivity contribution in [3.05, 3.63) is 29.8 Å². The van der Waals surface area contributed by atoms with Crippen molar-refractivity contribution in [2.24, 2.45) is 11.5 Å². The lowest BCUT2D eigenvalue weighted by Gasteiger charge is -1.95. The van der Waals surface area contributed by atoms with Crippen LogP contribution in [0.15, 0.2) is 24.3 Å². The molecule has 0 bridgehead atoms. The van der Waals surface area contributed by atoms with Gasteiger partial charge in [0, 0.05) is 0 Å². The fraction of sp³-hybridized carbons (Fsp3) is 0. The van der Waals surface area contributed by atoms with Crippen LogP contribution >= 0.6 is 0 Å². The third-order valence-corrected chi connectivity index (χ3v) is 1.40. The first kappa shape index (κ1) is 9.05. The van der Waals surface area contributed by atoms with Crippen LogP contribution in [-0.4, -0.2) is 17.0 Å². The van der Waals surface area contributed by atoms with Crippen molar-refractivity contribution < 1.29 is 14.9 Å². The van der Waals surface area contributed by atoms with Gasteiger partial charge in [0.15, 0.2) is 0 Å². The zero-order chi connectivity index (χ0) is 9.84. The van der Waals surface area contributed by atoms with Gasteiger partial charge < -0.3 is 5.11 Å². The van der Waals surface area contributed by atoms with E-state index in [1.54, 1.807) is 12.1 Å². The quantitative estimate of drug-likeness (QED) is 0.324. The fourth-order valence-corrected chi connectivity index (χ4v) is 0.897. The van der Waals surface area contributed by atoms with Crippen molar-refractivity contribution in [2.45, 2.75) is 0 Å². The van der Waals surface area contributed by atoms with Crippen LogP contribution < -0.4 is 16.5 Å². The van der Waals surface area contributed by atoms with Crippen LogP contribution in [0.2, 0.25) is 0 Å². The average molecular weight is 180 g/mol. The number of rotatable bonds is 2. The Morgan fingerprint density at radius 3 is 2.62 bits per heavy atom. The van der Waals surface area contributed by atoms with Gasteiger partial charge in [0.25, 0.3) is 0 Å². The van der Waals surface area contributed by atoms with Crippen LogP contribution in [0.4, 0.5) is 5.69 Å². The van der Waals surface area contributed by atoms with Crippen LogP contribution in [0.3, 0.4) is 0 Å². The number of hydrogen-bond acceptors (Lipinski definition) is 1. The van der Waals surface area contributed by atoms with Gasteiger partial charge >= 0.3 is 11.9 Å². The maximum atomic E-state index is 10.5. The summed E-state index contributed by atoms with van der Waals surface area (Å²) < 4.78 is 0. The van der Waals surface area contributed by atoms with E-state index >= 15 is 0 Å². The van der Waals surface area contributed by atoms with Crippen molar-refractivity contribution in [3.63, 3.8) is 0 Å². The Hall–Kier alpha value is -2.04. The van der Waals surface area contributed by atoms with Crippen LogP contribution in [0.1, 0.15) is 10.4 Å². The van der Waals surface area contributed by atoms with E-state index in [9.17, 15) is 4.79 Å². The smallest absolute Gasteiger partial charge is 0.343 e. The summed E-state index contributed by atoms with van der Waals surface area (Å²) in [6, 6.07) is 6.21.